The standard InChI is InChI=1S/C21H20O3/c22-21(24-16-18-7-2-1-3-8-18)23-14-6-9-17-12-13-19-10-4-5-11-20(19)15-17/h1-5,7-8,10-13,15H,6,9,14,16H2. The van der Waals surface area contributed by atoms with Crippen LogP contribution in [0.5, 0.6) is 0 Å². The quantitative estimate of drug-likeness (QED) is 0.467. The third-order valence-corrected chi connectivity index (χ3v) is 3.84. The van der Waals surface area contributed by atoms with Crippen LogP contribution in [0.15, 0.2) is 72.8 Å². The summed E-state index contributed by atoms with van der Waals surface area (Å²) >= 11 is 0. The number of carbonyl (C=O) groups excluding carboxylic acids is 1. The largest absolute Gasteiger partial charge is 0.508 e. The van der Waals surface area contributed by atoms with E-state index in [1.165, 1.54) is 16.3 Å². The molecular formula is C21H20O3. The Morgan fingerprint density at radius 2 is 1.50 bits per heavy atom. The Balaban J connectivity index is 1.39. The molecule has 0 aliphatic heterocycles. The van der Waals surface area contributed by atoms with Crippen LogP contribution in [0.1, 0.15) is 17.5 Å². The lowest BCUT2D eigenvalue weighted by atomic mass is 10.0. The van der Waals surface area contributed by atoms with Gasteiger partial charge in [0.05, 0.1) is 6.61 Å². The summed E-state index contributed by atoms with van der Waals surface area (Å²) in [5, 5.41) is 2.47. The molecule has 0 fully saturated rings. The number of hydrogen-bond donors (Lipinski definition) is 0. The van der Waals surface area contributed by atoms with Crippen molar-refractivity contribution in [1.82, 2.24) is 0 Å². The van der Waals surface area contributed by atoms with Gasteiger partial charge in [0.2, 0.25) is 0 Å². The van der Waals surface area contributed by atoms with Gasteiger partial charge in [-0.3, -0.25) is 0 Å². The number of rotatable bonds is 6. The Morgan fingerprint density at radius 1 is 0.750 bits per heavy atom. The minimum Gasteiger partial charge on any atom is -0.434 e. The normalized spacial score (nSPS) is 10.5. The SMILES string of the molecule is O=C(OCCCc1ccc2ccccc2c1)OCc1ccccc1. The average molecular weight is 320 g/mol. The van der Waals surface area contributed by atoms with Gasteiger partial charge in [-0.25, -0.2) is 4.79 Å². The predicted molar refractivity (Wildman–Crippen MR) is 94.8 cm³/mol. The van der Waals surface area contributed by atoms with Gasteiger partial charge < -0.3 is 9.47 Å². The highest BCUT2D eigenvalue weighted by Gasteiger charge is 2.04. The molecule has 0 N–H and O–H groups in total. The molecule has 122 valence electrons. The minimum absolute atomic E-state index is 0.240. The van der Waals surface area contributed by atoms with Gasteiger partial charge in [0, 0.05) is 0 Å². The summed E-state index contributed by atoms with van der Waals surface area (Å²) in [7, 11) is 0. The molecule has 3 nitrogen and oxygen atoms in total. The van der Waals surface area contributed by atoms with Crippen molar-refractivity contribution in [3.05, 3.63) is 83.9 Å². The molecule has 0 spiro atoms. The van der Waals surface area contributed by atoms with Gasteiger partial charge in [-0.2, -0.15) is 0 Å². The Morgan fingerprint density at radius 3 is 2.33 bits per heavy atom. The highest BCUT2D eigenvalue weighted by atomic mass is 16.7. The van der Waals surface area contributed by atoms with E-state index in [1.54, 1.807) is 0 Å². The van der Waals surface area contributed by atoms with Crippen molar-refractivity contribution in [3.8, 4) is 0 Å². The van der Waals surface area contributed by atoms with Crippen molar-refractivity contribution in [1.29, 1.82) is 0 Å². The Kier molecular flexibility index (Phi) is 5.46. The zero-order valence-corrected chi connectivity index (χ0v) is 13.5. The van der Waals surface area contributed by atoms with Crippen molar-refractivity contribution in [2.24, 2.45) is 0 Å². The molecule has 0 saturated heterocycles. The Bertz CT molecular complexity index is 796. The maximum atomic E-state index is 11.6. The van der Waals surface area contributed by atoms with E-state index in [0.29, 0.717) is 6.61 Å². The van der Waals surface area contributed by atoms with E-state index in [-0.39, 0.29) is 6.61 Å². The van der Waals surface area contributed by atoms with Crippen LogP contribution in [0.2, 0.25) is 0 Å². The van der Waals surface area contributed by atoms with Crippen molar-refractivity contribution < 1.29 is 14.3 Å². The first-order valence-electron chi connectivity index (χ1n) is 8.12. The van der Waals surface area contributed by atoms with E-state index in [1.807, 2.05) is 42.5 Å². The molecule has 0 atom stereocenters. The van der Waals surface area contributed by atoms with Crippen LogP contribution in [-0.2, 0) is 22.5 Å². The second-order valence-corrected chi connectivity index (χ2v) is 5.66. The van der Waals surface area contributed by atoms with Crippen molar-refractivity contribution >= 4 is 16.9 Å². The Hall–Kier alpha value is -2.81. The van der Waals surface area contributed by atoms with Crippen LogP contribution in [0.3, 0.4) is 0 Å². The van der Waals surface area contributed by atoms with E-state index in [0.717, 1.165) is 18.4 Å². The van der Waals surface area contributed by atoms with Gasteiger partial charge in [0.1, 0.15) is 6.61 Å². The molecule has 0 aliphatic rings. The summed E-state index contributed by atoms with van der Waals surface area (Å²) in [6.45, 7) is 0.602. The smallest absolute Gasteiger partial charge is 0.434 e. The summed E-state index contributed by atoms with van der Waals surface area (Å²) in [5.41, 5.74) is 2.19. The van der Waals surface area contributed by atoms with Gasteiger partial charge >= 0.3 is 6.16 Å². The lowest BCUT2D eigenvalue weighted by Gasteiger charge is -2.07. The fraction of sp³-hybridized carbons (Fsp3) is 0.190. The molecule has 0 heterocycles. The van der Waals surface area contributed by atoms with E-state index in [4.69, 9.17) is 9.47 Å². The topological polar surface area (TPSA) is 35.5 Å². The first-order valence-corrected chi connectivity index (χ1v) is 8.12. The van der Waals surface area contributed by atoms with Crippen LogP contribution in [-0.4, -0.2) is 12.8 Å². The molecule has 0 aliphatic carbocycles. The molecule has 24 heavy (non-hydrogen) atoms. The number of benzene rings is 3. The molecule has 3 heteroatoms. The van der Waals surface area contributed by atoms with E-state index >= 15 is 0 Å². The zero-order valence-electron chi connectivity index (χ0n) is 13.5. The van der Waals surface area contributed by atoms with Crippen LogP contribution < -0.4 is 0 Å². The van der Waals surface area contributed by atoms with Gasteiger partial charge in [-0.05, 0) is 34.7 Å². The molecule has 0 saturated carbocycles. The number of carbonyl (C=O) groups is 1. The third-order valence-electron chi connectivity index (χ3n) is 3.84. The minimum atomic E-state index is -0.614. The second-order valence-electron chi connectivity index (χ2n) is 5.66. The Labute approximate surface area is 141 Å². The number of aryl methyl sites for hydroxylation is 1. The van der Waals surface area contributed by atoms with Crippen LogP contribution >= 0.6 is 0 Å². The van der Waals surface area contributed by atoms with Crippen molar-refractivity contribution in [2.75, 3.05) is 6.61 Å². The van der Waals surface area contributed by atoms with E-state index in [2.05, 4.69) is 30.3 Å². The van der Waals surface area contributed by atoms with Gasteiger partial charge in [0.25, 0.3) is 0 Å². The number of fused-ring (bicyclic) bond motifs is 1. The number of hydrogen-bond acceptors (Lipinski definition) is 3. The maximum absolute atomic E-state index is 11.6. The zero-order chi connectivity index (χ0) is 16.6. The van der Waals surface area contributed by atoms with Crippen molar-refractivity contribution in [3.63, 3.8) is 0 Å². The van der Waals surface area contributed by atoms with Crippen LogP contribution in [0.4, 0.5) is 4.79 Å². The van der Waals surface area contributed by atoms with Crippen molar-refractivity contribution in [2.45, 2.75) is 19.4 Å². The second kappa shape index (κ2) is 8.16. The van der Waals surface area contributed by atoms with Crippen LogP contribution in [0.25, 0.3) is 10.8 Å². The first kappa shape index (κ1) is 16.1. The molecule has 0 unspecified atom stereocenters. The fourth-order valence-corrected chi connectivity index (χ4v) is 2.58. The van der Waals surface area contributed by atoms with Gasteiger partial charge in [-0.15, -0.1) is 0 Å². The fourth-order valence-electron chi connectivity index (χ4n) is 2.58. The summed E-state index contributed by atoms with van der Waals surface area (Å²) in [6.07, 6.45) is 1.03. The number of ether oxygens (including phenoxy) is 2. The molecule has 0 bridgehead atoms. The highest BCUT2D eigenvalue weighted by molar-refractivity contribution is 5.82. The molecular weight excluding hydrogens is 300 g/mol. The monoisotopic (exact) mass is 320 g/mol. The predicted octanol–water partition coefficient (Wildman–Crippen LogP) is 5.13. The maximum Gasteiger partial charge on any atom is 0.508 e. The van der Waals surface area contributed by atoms with E-state index < -0.39 is 6.16 Å². The first-order chi connectivity index (χ1) is 11.8. The van der Waals surface area contributed by atoms with E-state index in [9.17, 15) is 4.79 Å². The van der Waals surface area contributed by atoms with Crippen LogP contribution in [0, 0.1) is 0 Å². The lowest BCUT2D eigenvalue weighted by molar-refractivity contribution is 0.0492. The summed E-state index contributed by atoms with van der Waals surface area (Å²) in [4.78, 5) is 11.6. The molecule has 3 aromatic rings. The lowest BCUT2D eigenvalue weighted by Crippen LogP contribution is -2.09. The molecule has 0 amide bonds. The summed E-state index contributed by atoms with van der Waals surface area (Å²) in [6, 6.07) is 24.3. The summed E-state index contributed by atoms with van der Waals surface area (Å²) < 4.78 is 10.2. The highest BCUT2D eigenvalue weighted by Crippen LogP contribution is 2.16. The third kappa shape index (κ3) is 4.59. The average Bonchev–Trinajstić information content (AvgIpc) is 2.64. The van der Waals surface area contributed by atoms with Gasteiger partial charge in [0.15, 0.2) is 0 Å². The summed E-state index contributed by atoms with van der Waals surface area (Å²) in [5.74, 6) is 0. The molecule has 3 rings (SSSR count). The van der Waals surface area contributed by atoms with Gasteiger partial charge in [-0.1, -0.05) is 72.8 Å². The molecule has 0 radical (unpaired) electrons. The molecule has 3 aromatic carbocycles. The molecule has 0 aromatic heterocycles.